The molecule has 1 unspecified atom stereocenters. The molecule has 4 heterocycles. The van der Waals surface area contributed by atoms with Crippen molar-refractivity contribution in [3.05, 3.63) is 83.6 Å². The van der Waals surface area contributed by atoms with Crippen LogP contribution in [-0.2, 0) is 10.3 Å². The van der Waals surface area contributed by atoms with Gasteiger partial charge in [-0.1, -0.05) is 11.2 Å². The lowest BCUT2D eigenvalue weighted by Crippen LogP contribution is -2.31. The van der Waals surface area contributed by atoms with E-state index in [1.807, 2.05) is 37.3 Å². The largest absolute Gasteiger partial charge is 0.462 e. The number of aliphatic imine (C=N–C) groups is 1. The number of hydrogen-bond acceptors (Lipinski definition) is 7. The molecule has 1 spiro atoms. The number of fused-ring (bicyclic) bond motifs is 4. The van der Waals surface area contributed by atoms with Gasteiger partial charge in [0.2, 0.25) is 5.95 Å². The van der Waals surface area contributed by atoms with E-state index in [2.05, 4.69) is 10.1 Å². The molecule has 158 valence electrons. The highest BCUT2D eigenvalue weighted by atomic mass is 19.1. The molecule has 8 heteroatoms. The number of nitrogens with two attached hydrogens (primary N) is 1. The van der Waals surface area contributed by atoms with E-state index in [1.165, 1.54) is 6.20 Å². The van der Waals surface area contributed by atoms with Crippen LogP contribution in [0.15, 0.2) is 70.3 Å². The molecule has 4 aromatic rings. The molecule has 32 heavy (non-hydrogen) atoms. The lowest BCUT2D eigenvalue weighted by molar-refractivity contribution is 0.264. The van der Waals surface area contributed by atoms with Gasteiger partial charge in [-0.05, 0) is 55.0 Å². The van der Waals surface area contributed by atoms with Gasteiger partial charge in [0, 0.05) is 34.5 Å². The van der Waals surface area contributed by atoms with Gasteiger partial charge in [0.25, 0.3) is 6.02 Å². The highest BCUT2D eigenvalue weighted by Gasteiger charge is 2.47. The molecule has 1 atom stereocenters. The maximum atomic E-state index is 14.4. The van der Waals surface area contributed by atoms with E-state index in [4.69, 9.17) is 24.7 Å². The van der Waals surface area contributed by atoms with Gasteiger partial charge in [-0.15, -0.1) is 0 Å². The Kier molecular flexibility index (Phi) is 3.86. The van der Waals surface area contributed by atoms with E-state index in [0.29, 0.717) is 28.4 Å². The Morgan fingerprint density at radius 1 is 1.00 bits per heavy atom. The van der Waals surface area contributed by atoms with Crippen LogP contribution in [0.1, 0.15) is 16.8 Å². The van der Waals surface area contributed by atoms with Crippen molar-refractivity contribution in [2.24, 2.45) is 10.7 Å². The molecule has 0 aliphatic carbocycles. The average molecular weight is 428 g/mol. The topological polar surface area (TPSA) is 95.8 Å². The van der Waals surface area contributed by atoms with E-state index in [1.54, 1.807) is 24.3 Å². The number of nitrogens with zero attached hydrogens (tertiary/aromatic N) is 3. The molecule has 7 nitrogen and oxygen atoms in total. The molecule has 0 fully saturated rings. The quantitative estimate of drug-likeness (QED) is 0.471. The zero-order valence-corrected chi connectivity index (χ0v) is 17.0. The molecule has 0 saturated carbocycles. The molecule has 2 aliphatic heterocycles. The zero-order valence-electron chi connectivity index (χ0n) is 17.0. The van der Waals surface area contributed by atoms with Crippen LogP contribution in [0.2, 0.25) is 0 Å². The highest BCUT2D eigenvalue weighted by Crippen LogP contribution is 2.52. The second kappa shape index (κ2) is 6.65. The number of aryl methyl sites for hydroxylation is 1. The minimum absolute atomic E-state index is 0.0858. The van der Waals surface area contributed by atoms with Crippen LogP contribution in [0.25, 0.3) is 22.5 Å². The van der Waals surface area contributed by atoms with E-state index in [-0.39, 0.29) is 12.6 Å². The second-order valence-corrected chi connectivity index (χ2v) is 7.80. The van der Waals surface area contributed by atoms with Crippen LogP contribution in [0.5, 0.6) is 11.5 Å². The number of halogens is 1. The Hall–Kier alpha value is -4.20. The van der Waals surface area contributed by atoms with Crippen LogP contribution in [0.4, 0.5) is 4.39 Å². The monoisotopic (exact) mass is 428 g/mol. The normalized spacial score (nSPS) is 18.5. The first-order chi connectivity index (χ1) is 15.5. The highest BCUT2D eigenvalue weighted by molar-refractivity contribution is 5.78. The van der Waals surface area contributed by atoms with Crippen molar-refractivity contribution in [2.75, 3.05) is 6.61 Å². The fourth-order valence-electron chi connectivity index (χ4n) is 4.28. The molecule has 2 aliphatic rings. The van der Waals surface area contributed by atoms with Crippen molar-refractivity contribution in [1.82, 2.24) is 10.1 Å². The van der Waals surface area contributed by atoms with Gasteiger partial charge in [-0.3, -0.25) is 0 Å². The first-order valence-corrected chi connectivity index (χ1v) is 10.0. The smallest absolute Gasteiger partial charge is 0.283 e. The van der Waals surface area contributed by atoms with Gasteiger partial charge in [0.05, 0.1) is 5.69 Å². The van der Waals surface area contributed by atoms with Gasteiger partial charge in [-0.2, -0.15) is 4.39 Å². The summed E-state index contributed by atoms with van der Waals surface area (Å²) >= 11 is 0. The van der Waals surface area contributed by atoms with Crippen LogP contribution in [-0.4, -0.2) is 22.8 Å². The van der Waals surface area contributed by atoms with Crippen LogP contribution in [0.3, 0.4) is 0 Å². The summed E-state index contributed by atoms with van der Waals surface area (Å²) in [5.74, 6) is 1.33. The molecule has 0 amide bonds. The number of amidine groups is 1. The van der Waals surface area contributed by atoms with E-state index in [0.717, 1.165) is 22.4 Å². The molecule has 2 aromatic heterocycles. The summed E-state index contributed by atoms with van der Waals surface area (Å²) in [7, 11) is 0. The van der Waals surface area contributed by atoms with Gasteiger partial charge in [0.15, 0.2) is 11.3 Å². The van der Waals surface area contributed by atoms with Crippen molar-refractivity contribution in [3.8, 4) is 33.9 Å². The summed E-state index contributed by atoms with van der Waals surface area (Å²) in [5, 5.41) is 3.98. The zero-order chi connectivity index (χ0) is 21.9. The van der Waals surface area contributed by atoms with E-state index in [9.17, 15) is 4.39 Å². The van der Waals surface area contributed by atoms with Crippen LogP contribution >= 0.6 is 0 Å². The maximum Gasteiger partial charge on any atom is 0.283 e. The third-order valence-electron chi connectivity index (χ3n) is 5.78. The predicted molar refractivity (Wildman–Crippen MR) is 115 cm³/mol. The van der Waals surface area contributed by atoms with Crippen LogP contribution < -0.4 is 10.5 Å². The Morgan fingerprint density at radius 2 is 1.75 bits per heavy atom. The van der Waals surface area contributed by atoms with E-state index >= 15 is 0 Å². The van der Waals surface area contributed by atoms with Crippen molar-refractivity contribution in [3.63, 3.8) is 0 Å². The Labute approximate surface area is 182 Å². The molecule has 0 saturated heterocycles. The molecule has 2 N–H and O–H groups in total. The first kappa shape index (κ1) is 18.6. The van der Waals surface area contributed by atoms with Gasteiger partial charge >= 0.3 is 0 Å². The molecule has 0 radical (unpaired) electrons. The first-order valence-electron chi connectivity index (χ1n) is 10.0. The Morgan fingerprint density at radius 3 is 2.41 bits per heavy atom. The van der Waals surface area contributed by atoms with Crippen molar-refractivity contribution in [1.29, 1.82) is 0 Å². The number of rotatable bonds is 2. The number of ether oxygens (including phenoxy) is 2. The molecule has 0 bridgehead atoms. The maximum absolute atomic E-state index is 14.4. The number of benzene rings is 2. The molecule has 6 rings (SSSR count). The molecule has 2 aromatic carbocycles. The standard InChI is InChI=1S/C24H17FN4O3/c1-13-9-21(32-29-13)15-5-7-20-18(11-15)24(12-30-23(26)28-24)17-10-14(4-6-19(17)31-20)16-3-2-8-27-22(16)25/h2-11H,12H2,1H3,(H2,26,28). The van der Waals surface area contributed by atoms with Crippen molar-refractivity contribution in [2.45, 2.75) is 12.5 Å². The molecular weight excluding hydrogens is 411 g/mol. The SMILES string of the molecule is Cc1cc(-c2ccc3c(c2)C2(COC(N)=N2)c2cc(-c4cccnc4F)ccc2O3)on1. The van der Waals surface area contributed by atoms with E-state index < -0.39 is 11.5 Å². The number of aromatic nitrogens is 2. The Bertz CT molecular complexity index is 1410. The number of pyridine rings is 1. The fourth-order valence-corrected chi connectivity index (χ4v) is 4.28. The third-order valence-corrected chi connectivity index (χ3v) is 5.78. The lowest BCUT2D eigenvalue weighted by atomic mass is 9.79. The summed E-state index contributed by atoms with van der Waals surface area (Å²) < 4.78 is 31.7. The van der Waals surface area contributed by atoms with Gasteiger partial charge in [-0.25, -0.2) is 9.98 Å². The predicted octanol–water partition coefficient (Wildman–Crippen LogP) is 4.55. The fraction of sp³-hybridized carbons (Fsp3) is 0.125. The summed E-state index contributed by atoms with van der Waals surface area (Å²) in [4.78, 5) is 8.46. The van der Waals surface area contributed by atoms with Gasteiger partial charge in [0.1, 0.15) is 18.1 Å². The van der Waals surface area contributed by atoms with Crippen molar-refractivity contribution < 1.29 is 18.4 Å². The lowest BCUT2D eigenvalue weighted by Gasteiger charge is -2.34. The second-order valence-electron chi connectivity index (χ2n) is 7.80. The summed E-state index contributed by atoms with van der Waals surface area (Å²) in [5.41, 5.74) is 9.19. The van der Waals surface area contributed by atoms with Crippen molar-refractivity contribution >= 4 is 6.02 Å². The Balaban J connectivity index is 1.56. The summed E-state index contributed by atoms with van der Waals surface area (Å²) in [6, 6.07) is 16.5. The minimum atomic E-state index is -0.938. The average Bonchev–Trinajstić information content (AvgIpc) is 3.41. The molecular formula is C24H17FN4O3. The summed E-state index contributed by atoms with van der Waals surface area (Å²) in [6.45, 7) is 2.06. The number of hydrogen-bond donors (Lipinski definition) is 1. The van der Waals surface area contributed by atoms with Crippen LogP contribution in [0, 0.1) is 12.9 Å². The minimum Gasteiger partial charge on any atom is -0.462 e. The van der Waals surface area contributed by atoms with Gasteiger partial charge < -0.3 is 19.7 Å². The summed E-state index contributed by atoms with van der Waals surface area (Å²) in [6.07, 6.45) is 1.42. The third kappa shape index (κ3) is 2.69.